The first-order valence-electron chi connectivity index (χ1n) is 5.04. The minimum atomic E-state index is -4.38. The van der Waals surface area contributed by atoms with Gasteiger partial charge in [-0.05, 0) is 12.1 Å². The second kappa shape index (κ2) is 5.85. The number of sulfonamides is 1. The summed E-state index contributed by atoms with van der Waals surface area (Å²) in [6.45, 7) is -0.656. The third kappa shape index (κ3) is 3.32. The van der Waals surface area contributed by atoms with Crippen LogP contribution >= 0.6 is 15.9 Å². The average Bonchev–Trinajstić information content (AvgIpc) is 2.30. The molecule has 0 heterocycles. The van der Waals surface area contributed by atoms with E-state index in [2.05, 4.69) is 15.9 Å². The number of carboxylic acids is 1. The Morgan fingerprint density at radius 3 is 2.45 bits per heavy atom. The number of hydrogen-bond acceptors (Lipinski definition) is 4. The number of aromatic carboxylic acids is 1. The molecule has 0 aliphatic rings. The van der Waals surface area contributed by atoms with Crippen LogP contribution in [0.3, 0.4) is 0 Å². The van der Waals surface area contributed by atoms with Crippen molar-refractivity contribution in [3.63, 3.8) is 0 Å². The number of nitrogens with two attached hydrogens (primary N) is 1. The summed E-state index contributed by atoms with van der Waals surface area (Å²) in [4.78, 5) is 20.7. The van der Waals surface area contributed by atoms with Crippen molar-refractivity contribution in [2.24, 2.45) is 5.73 Å². The molecule has 0 atom stereocenters. The van der Waals surface area contributed by atoms with E-state index in [1.54, 1.807) is 0 Å². The zero-order valence-electron chi connectivity index (χ0n) is 10.1. The summed E-state index contributed by atoms with van der Waals surface area (Å²) in [6, 6.07) is 1.85. The molecule has 1 amide bonds. The molecule has 0 saturated carbocycles. The third-order valence-electron chi connectivity index (χ3n) is 2.30. The molecule has 7 nitrogen and oxygen atoms in total. The summed E-state index contributed by atoms with van der Waals surface area (Å²) in [5, 5.41) is 8.82. The minimum Gasteiger partial charge on any atom is -0.478 e. The second-order valence-corrected chi connectivity index (χ2v) is 6.73. The van der Waals surface area contributed by atoms with Crippen LogP contribution in [0.1, 0.15) is 10.4 Å². The smallest absolute Gasteiger partial charge is 0.338 e. The molecule has 0 aliphatic heterocycles. The van der Waals surface area contributed by atoms with Crippen LogP contribution in [0.25, 0.3) is 0 Å². The molecule has 0 radical (unpaired) electrons. The van der Waals surface area contributed by atoms with E-state index in [-0.39, 0.29) is 4.47 Å². The van der Waals surface area contributed by atoms with Gasteiger partial charge in [0, 0.05) is 11.5 Å². The first kappa shape index (κ1) is 16.5. The first-order chi connectivity index (χ1) is 9.07. The lowest BCUT2D eigenvalue weighted by Crippen LogP contribution is -2.35. The molecule has 10 heteroatoms. The van der Waals surface area contributed by atoms with E-state index in [0.29, 0.717) is 4.31 Å². The summed E-state index contributed by atoms with van der Waals surface area (Å²) in [5.41, 5.74) is 4.07. The van der Waals surface area contributed by atoms with E-state index in [0.717, 1.165) is 19.2 Å². The number of carboxylic acid groups (broad SMARTS) is 1. The maximum Gasteiger partial charge on any atom is 0.338 e. The van der Waals surface area contributed by atoms with Gasteiger partial charge in [-0.2, -0.15) is 4.31 Å². The van der Waals surface area contributed by atoms with Crippen molar-refractivity contribution >= 4 is 37.8 Å². The van der Waals surface area contributed by atoms with Gasteiger partial charge in [-0.15, -0.1) is 0 Å². The molecule has 0 saturated heterocycles. The van der Waals surface area contributed by atoms with Crippen LogP contribution in [0.2, 0.25) is 0 Å². The number of benzene rings is 1. The highest BCUT2D eigenvalue weighted by molar-refractivity contribution is 9.10. The molecule has 0 unspecified atom stereocenters. The van der Waals surface area contributed by atoms with Gasteiger partial charge in [-0.3, -0.25) is 4.79 Å². The maximum absolute atomic E-state index is 14.0. The second-order valence-electron chi connectivity index (χ2n) is 3.80. The molecule has 0 bridgehead atoms. The van der Waals surface area contributed by atoms with Crippen molar-refractivity contribution in [3.8, 4) is 0 Å². The minimum absolute atomic E-state index is 0.0716. The first-order valence-corrected chi connectivity index (χ1v) is 7.27. The number of nitrogens with zero attached hydrogens (tertiary/aromatic N) is 1. The molecule has 3 N–H and O–H groups in total. The SMILES string of the molecule is CN(CC(N)=O)S(=O)(=O)c1cc(Br)cc(C(=O)O)c1F. The quantitative estimate of drug-likeness (QED) is 0.779. The lowest BCUT2D eigenvalue weighted by Gasteiger charge is -2.16. The summed E-state index contributed by atoms with van der Waals surface area (Å²) in [5.74, 6) is -3.94. The van der Waals surface area contributed by atoms with Crippen LogP contribution in [0.5, 0.6) is 0 Å². The van der Waals surface area contributed by atoms with E-state index in [1.165, 1.54) is 0 Å². The van der Waals surface area contributed by atoms with E-state index < -0.39 is 44.7 Å². The third-order valence-corrected chi connectivity index (χ3v) is 4.56. The van der Waals surface area contributed by atoms with Crippen molar-refractivity contribution in [2.75, 3.05) is 13.6 Å². The molecular weight excluding hydrogens is 359 g/mol. The number of halogens is 2. The summed E-state index contributed by atoms with van der Waals surface area (Å²) < 4.78 is 38.7. The standard InChI is InChI=1S/C10H10BrFN2O5S/c1-14(4-8(13)15)20(18,19)7-3-5(11)2-6(9(7)12)10(16)17/h2-3H,4H2,1H3,(H2,13,15)(H,16,17). The predicted molar refractivity (Wildman–Crippen MR) is 70.1 cm³/mol. The topological polar surface area (TPSA) is 118 Å². The molecule has 1 rings (SSSR count). The number of carbonyl (C=O) groups excluding carboxylic acids is 1. The highest BCUT2D eigenvalue weighted by Crippen LogP contribution is 2.26. The molecule has 1 aromatic carbocycles. The van der Waals surface area contributed by atoms with Crippen LogP contribution < -0.4 is 5.73 Å². The van der Waals surface area contributed by atoms with Crippen LogP contribution in [0.15, 0.2) is 21.5 Å². The Kier molecular flexibility index (Phi) is 4.84. The van der Waals surface area contributed by atoms with Gasteiger partial charge >= 0.3 is 5.97 Å². The van der Waals surface area contributed by atoms with E-state index in [1.807, 2.05) is 0 Å². The highest BCUT2D eigenvalue weighted by atomic mass is 79.9. The Bertz CT molecular complexity index is 676. The molecule has 110 valence electrons. The fourth-order valence-electron chi connectivity index (χ4n) is 1.38. The van der Waals surface area contributed by atoms with Gasteiger partial charge in [0.2, 0.25) is 15.9 Å². The fraction of sp³-hybridized carbons (Fsp3) is 0.200. The number of rotatable bonds is 5. The summed E-state index contributed by atoms with van der Waals surface area (Å²) in [7, 11) is -3.35. The van der Waals surface area contributed by atoms with Crippen molar-refractivity contribution < 1.29 is 27.5 Å². The molecular formula is C10H10BrFN2O5S. The lowest BCUT2D eigenvalue weighted by molar-refractivity contribution is -0.118. The number of amides is 1. The molecule has 0 aromatic heterocycles. The zero-order valence-corrected chi connectivity index (χ0v) is 12.5. The van der Waals surface area contributed by atoms with Crippen molar-refractivity contribution in [1.82, 2.24) is 4.31 Å². The van der Waals surface area contributed by atoms with E-state index in [9.17, 15) is 22.4 Å². The van der Waals surface area contributed by atoms with Gasteiger partial charge in [0.15, 0.2) is 5.82 Å². The van der Waals surface area contributed by atoms with E-state index in [4.69, 9.17) is 10.8 Å². The molecule has 0 fully saturated rings. The van der Waals surface area contributed by atoms with Crippen LogP contribution in [-0.2, 0) is 14.8 Å². The van der Waals surface area contributed by atoms with Gasteiger partial charge in [0.25, 0.3) is 0 Å². The average molecular weight is 369 g/mol. The van der Waals surface area contributed by atoms with Gasteiger partial charge in [-0.1, -0.05) is 15.9 Å². The molecule has 0 spiro atoms. The summed E-state index contributed by atoms with van der Waals surface area (Å²) >= 11 is 2.90. The van der Waals surface area contributed by atoms with Gasteiger partial charge in [0.1, 0.15) is 4.90 Å². The number of likely N-dealkylation sites (N-methyl/N-ethyl adjacent to an activating group) is 1. The Hall–Kier alpha value is -1.52. The van der Waals surface area contributed by atoms with Crippen LogP contribution in [0.4, 0.5) is 4.39 Å². The fourth-order valence-corrected chi connectivity index (χ4v) is 3.23. The van der Waals surface area contributed by atoms with Gasteiger partial charge in [0.05, 0.1) is 12.1 Å². The molecule has 20 heavy (non-hydrogen) atoms. The normalized spacial score (nSPS) is 11.6. The number of primary amides is 1. The van der Waals surface area contributed by atoms with Crippen molar-refractivity contribution in [3.05, 3.63) is 28.0 Å². The van der Waals surface area contributed by atoms with Crippen molar-refractivity contribution in [2.45, 2.75) is 4.90 Å². The van der Waals surface area contributed by atoms with E-state index >= 15 is 0 Å². The Morgan fingerprint density at radius 1 is 1.45 bits per heavy atom. The lowest BCUT2D eigenvalue weighted by atomic mass is 10.2. The van der Waals surface area contributed by atoms with Gasteiger partial charge in [-0.25, -0.2) is 17.6 Å². The Labute approximate surface area is 122 Å². The maximum atomic E-state index is 14.0. The van der Waals surface area contributed by atoms with Gasteiger partial charge < -0.3 is 10.8 Å². The van der Waals surface area contributed by atoms with Crippen LogP contribution in [-0.4, -0.2) is 43.3 Å². The van der Waals surface area contributed by atoms with Crippen molar-refractivity contribution in [1.29, 1.82) is 0 Å². The zero-order chi connectivity index (χ0) is 15.7. The molecule has 0 aliphatic carbocycles. The Balaban J connectivity index is 3.46. The Morgan fingerprint density at radius 2 is 2.00 bits per heavy atom. The number of carbonyl (C=O) groups is 2. The summed E-state index contributed by atoms with van der Waals surface area (Å²) in [6.07, 6.45) is 0. The predicted octanol–water partition coefficient (Wildman–Crippen LogP) is 0.392. The monoisotopic (exact) mass is 368 g/mol. The highest BCUT2D eigenvalue weighted by Gasteiger charge is 2.29. The largest absolute Gasteiger partial charge is 0.478 e. The van der Waals surface area contributed by atoms with Crippen LogP contribution in [0, 0.1) is 5.82 Å². The molecule has 1 aromatic rings. The number of hydrogen-bond donors (Lipinski definition) is 2.